The van der Waals surface area contributed by atoms with Gasteiger partial charge < -0.3 is 112 Å². The zero-order chi connectivity index (χ0) is 57.8. The molecule has 2 heterocycles. The third-order valence-electron chi connectivity index (χ3n) is 14.1. The van der Waals surface area contributed by atoms with Crippen molar-refractivity contribution in [1.29, 1.82) is 0 Å². The van der Waals surface area contributed by atoms with Crippen molar-refractivity contribution < 1.29 is 112 Å². The highest BCUT2D eigenvalue weighted by Gasteiger charge is 2.37. The minimum absolute atomic E-state index is 0.0322. The summed E-state index contributed by atoms with van der Waals surface area (Å²) in [5, 5.41) is 246. The molecule has 9 rings (SSSR count). The third kappa shape index (κ3) is 6.79. The molecule has 0 atom stereocenters. The van der Waals surface area contributed by atoms with Crippen LogP contribution in [0.5, 0.6) is 126 Å². The van der Waals surface area contributed by atoms with Gasteiger partial charge in [0.2, 0.25) is 34.5 Å². The first-order valence-electron chi connectivity index (χ1n) is 22.4. The van der Waals surface area contributed by atoms with Crippen LogP contribution < -0.4 is 38.2 Å². The van der Waals surface area contributed by atoms with Gasteiger partial charge in [0, 0.05) is 27.6 Å². The molecule has 0 saturated carbocycles. The van der Waals surface area contributed by atoms with E-state index >= 15 is 0 Å². The Hall–Kier alpha value is -10.2. The van der Waals surface area contributed by atoms with Gasteiger partial charge in [0.15, 0.2) is 75.0 Å². The lowest BCUT2D eigenvalue weighted by molar-refractivity contribution is 0.329. The van der Waals surface area contributed by atoms with E-state index in [1.54, 1.807) is 0 Å². The second-order valence-electron chi connectivity index (χ2n) is 18.2. The predicted molar refractivity (Wildman–Crippen MR) is 299 cm³/mol. The van der Waals surface area contributed by atoms with Crippen LogP contribution in [0.25, 0.3) is 87.7 Å². The van der Waals surface area contributed by atoms with Crippen molar-refractivity contribution in [2.75, 3.05) is 0 Å². The Bertz CT molecular complexity index is 4060. The minimum Gasteiger partial charge on any atom is -0.509 e. The van der Waals surface area contributed by atoms with Crippen LogP contribution in [0.2, 0.25) is 0 Å². The average Bonchev–Trinajstić information content (AvgIpc) is 3.87. The van der Waals surface area contributed by atoms with Crippen LogP contribution in [0.1, 0.15) is 0 Å². The van der Waals surface area contributed by atoms with Gasteiger partial charge in [0.1, 0.15) is 95.0 Å². The van der Waals surface area contributed by atoms with E-state index in [1.807, 2.05) is 0 Å². The van der Waals surface area contributed by atoms with Crippen LogP contribution in [-0.2, 0) is 0 Å². The molecule has 0 saturated heterocycles. The van der Waals surface area contributed by atoms with Gasteiger partial charge >= 0.3 is 0 Å². The number of nitrogens with zero attached hydrogens (tertiary/aromatic N) is 3. The molecule has 78 heavy (non-hydrogen) atoms. The highest BCUT2D eigenvalue weighted by atomic mass is 32.1. The molecule has 33 heteroatoms. The second-order valence-corrected chi connectivity index (χ2v) is 19.3. The standard InChI is InChI=1S/C45H36B7N3O22S/c46-12-2(24(61)25(62)3(20(12)57)1-13(47)33(70)17(51)16(50)19(1)56)5-27(64)35(72)28(65)8-7-23(60)18(52)22(59)6(42(7)78-41(5)8)4-21(58)14(48)9(29(66)26(4)63)43-53-44(10-15(49)34(71)39(76)36(73)30(10)67)55-45(54-43)11-31(68)37(74)40(77)38(75)32(11)69/h56-77H,46-52H2. The number of aromatic hydroxyl groups is 22. The Labute approximate surface area is 444 Å². The van der Waals surface area contributed by atoms with Crippen LogP contribution in [-0.4, -0.2) is 182 Å². The van der Waals surface area contributed by atoms with Crippen LogP contribution >= 0.6 is 11.3 Å². The fourth-order valence-electron chi connectivity index (χ4n) is 9.59. The maximum atomic E-state index is 12.2. The molecule has 25 nitrogen and oxygen atoms in total. The molecule has 7 aromatic carbocycles. The third-order valence-corrected chi connectivity index (χ3v) is 15.3. The maximum absolute atomic E-state index is 12.2. The molecule has 9 aromatic rings. The summed E-state index contributed by atoms with van der Waals surface area (Å²) in [6.45, 7) is 0. The molecule has 390 valence electrons. The number of phenolic OH excluding ortho intramolecular Hbond substituents is 22. The Kier molecular flexibility index (Phi) is 11.8. The molecule has 0 radical (unpaired) electrons. The summed E-state index contributed by atoms with van der Waals surface area (Å²) in [6.07, 6.45) is 0. The lowest BCUT2D eigenvalue weighted by Gasteiger charge is -2.22. The van der Waals surface area contributed by atoms with Crippen molar-refractivity contribution in [3.8, 4) is 194 Å². The van der Waals surface area contributed by atoms with Gasteiger partial charge in [-0.25, -0.2) is 15.0 Å². The van der Waals surface area contributed by atoms with Crippen molar-refractivity contribution >= 4 is 125 Å². The van der Waals surface area contributed by atoms with Crippen molar-refractivity contribution in [3.63, 3.8) is 0 Å². The summed E-state index contributed by atoms with van der Waals surface area (Å²) in [4.78, 5) is 12.3. The lowest BCUT2D eigenvalue weighted by Crippen LogP contribution is -2.32. The average molecular weight is 1080 g/mol. The summed E-state index contributed by atoms with van der Waals surface area (Å²) in [7, 11) is 8.78. The Morgan fingerprint density at radius 3 is 0.949 bits per heavy atom. The van der Waals surface area contributed by atoms with E-state index in [9.17, 15) is 112 Å². The number of thiophene rings is 1. The molecule has 0 fully saturated rings. The number of hydrogen-bond acceptors (Lipinski definition) is 26. The summed E-state index contributed by atoms with van der Waals surface area (Å²) in [5.41, 5.74) is -7.63. The van der Waals surface area contributed by atoms with E-state index in [2.05, 4.69) is 15.0 Å². The molecule has 0 aliphatic carbocycles. The van der Waals surface area contributed by atoms with E-state index < -0.39 is 219 Å². The number of benzene rings is 7. The highest BCUT2D eigenvalue weighted by molar-refractivity contribution is 7.27. The van der Waals surface area contributed by atoms with E-state index in [-0.39, 0.29) is 33.2 Å². The summed E-state index contributed by atoms with van der Waals surface area (Å²) < 4.78 is -0.810. The number of fused-ring (bicyclic) bond motifs is 3. The van der Waals surface area contributed by atoms with Gasteiger partial charge in [-0.05, 0) is 27.3 Å². The zero-order valence-electron chi connectivity index (χ0n) is 41.1. The Morgan fingerprint density at radius 1 is 0.192 bits per heavy atom. The first-order valence-corrected chi connectivity index (χ1v) is 23.2. The van der Waals surface area contributed by atoms with E-state index in [4.69, 9.17) is 0 Å². The molecule has 0 amide bonds. The molecule has 2 aromatic heterocycles. The van der Waals surface area contributed by atoms with Crippen LogP contribution in [0.3, 0.4) is 0 Å². The Morgan fingerprint density at radius 2 is 0.449 bits per heavy atom. The summed E-state index contributed by atoms with van der Waals surface area (Å²) in [6, 6.07) is 0. The van der Waals surface area contributed by atoms with Gasteiger partial charge in [-0.2, -0.15) is 0 Å². The molecule has 0 aliphatic rings. The van der Waals surface area contributed by atoms with Crippen molar-refractivity contribution in [2.24, 2.45) is 0 Å². The normalized spacial score (nSPS) is 11.5. The molecule has 0 unspecified atom stereocenters. The van der Waals surface area contributed by atoms with E-state index in [0.717, 1.165) is 23.5 Å². The van der Waals surface area contributed by atoms with E-state index in [1.165, 1.54) is 31.4 Å². The van der Waals surface area contributed by atoms with Crippen molar-refractivity contribution in [1.82, 2.24) is 15.0 Å². The topological polar surface area (TPSA) is 484 Å². The summed E-state index contributed by atoms with van der Waals surface area (Å²) in [5.74, 6) is -27.5. The molecule has 22 N–H and O–H groups in total. The predicted octanol–water partition coefficient (Wildman–Crippen LogP) is -6.43. The molecule has 0 spiro atoms. The first-order chi connectivity index (χ1) is 36.3. The zero-order valence-corrected chi connectivity index (χ0v) is 41.9. The number of aromatic nitrogens is 3. The number of phenols is 22. The van der Waals surface area contributed by atoms with Gasteiger partial charge in [0.05, 0.1) is 37.0 Å². The molecular weight excluding hydrogens is 1040 g/mol. The van der Waals surface area contributed by atoms with Crippen molar-refractivity contribution in [3.05, 3.63) is 0 Å². The maximum Gasteiger partial charge on any atom is 0.208 e. The number of rotatable bonds is 6. The van der Waals surface area contributed by atoms with E-state index in [0.29, 0.717) is 11.3 Å². The van der Waals surface area contributed by atoms with Gasteiger partial charge in [-0.15, -0.1) is 11.3 Å². The largest absolute Gasteiger partial charge is 0.509 e. The quantitative estimate of drug-likeness (QED) is 0.0418. The SMILES string of the molecule is Bc1c(B)c(O)c(-c2c(O)c(B)c(-c3c(O)c(O)c(O)c4c3sc3c(-c5c(O)c(B)c(-c6nc(-c7c(B)c(O)c(O)c(O)c7O)nc(-c7c(O)c(O)c(O)c(O)c7O)n6)c(O)c5O)c(O)c(B)c(O)c34)c(O)c2O)c(B)c1O. The number of hydrogen-bond donors (Lipinski definition) is 22. The fourth-order valence-corrected chi connectivity index (χ4v) is 11.0. The Balaban J connectivity index is 1.36. The molecule has 0 bridgehead atoms. The second kappa shape index (κ2) is 17.4. The van der Waals surface area contributed by atoms with Gasteiger partial charge in [-0.3, -0.25) is 0 Å². The van der Waals surface area contributed by atoms with Crippen LogP contribution in [0, 0.1) is 0 Å². The smallest absolute Gasteiger partial charge is 0.208 e. The first kappa shape index (κ1) is 52.7. The van der Waals surface area contributed by atoms with Crippen molar-refractivity contribution in [2.45, 2.75) is 0 Å². The molecular formula is C45H36B7N3O22S. The molecule has 0 aliphatic heterocycles. The monoisotopic (exact) mass is 1080 g/mol. The summed E-state index contributed by atoms with van der Waals surface area (Å²) >= 11 is 0.436. The van der Waals surface area contributed by atoms with Crippen LogP contribution in [0.4, 0.5) is 0 Å². The fraction of sp³-hybridized carbons (Fsp3) is 0. The highest BCUT2D eigenvalue weighted by Crippen LogP contribution is 2.62. The van der Waals surface area contributed by atoms with Crippen LogP contribution in [0.15, 0.2) is 0 Å². The lowest BCUT2D eigenvalue weighted by atomic mass is 9.71. The van der Waals surface area contributed by atoms with Gasteiger partial charge in [-0.1, -0.05) is 10.9 Å². The van der Waals surface area contributed by atoms with Gasteiger partial charge in [0.25, 0.3) is 0 Å². The minimum atomic E-state index is -1.43.